The van der Waals surface area contributed by atoms with Crippen LogP contribution in [0, 0.1) is 6.92 Å². The topological polar surface area (TPSA) is 99.8 Å². The molecule has 0 atom stereocenters. The number of amides is 2. The van der Waals surface area contributed by atoms with Gasteiger partial charge in [-0.25, -0.2) is 0 Å². The van der Waals surface area contributed by atoms with Gasteiger partial charge in [0.05, 0.1) is 28.3 Å². The third-order valence-electron chi connectivity index (χ3n) is 5.79. The second-order valence-electron chi connectivity index (χ2n) is 7.62. The average Bonchev–Trinajstić information content (AvgIpc) is 3.15. The fourth-order valence-corrected chi connectivity index (χ4v) is 4.24. The third-order valence-corrected chi connectivity index (χ3v) is 5.79. The Morgan fingerprint density at radius 1 is 1.20 bits per heavy atom. The van der Waals surface area contributed by atoms with Crippen molar-refractivity contribution < 1.29 is 9.59 Å². The number of hydrogen-bond donors (Lipinski definition) is 3. The molecule has 30 heavy (non-hydrogen) atoms. The van der Waals surface area contributed by atoms with Gasteiger partial charge in [-0.1, -0.05) is 6.58 Å². The SMILES string of the molecule is C=CC(=O)Nc1cc(-c2cc3c(cn2)CCc2c-3[nH]c3c2C(=O)NCC3)cnc1C. The van der Waals surface area contributed by atoms with E-state index < -0.39 is 0 Å². The fraction of sp³-hybridized carbons (Fsp3) is 0.217. The molecule has 3 aromatic rings. The van der Waals surface area contributed by atoms with Crippen molar-refractivity contribution in [3.63, 3.8) is 0 Å². The Labute approximate surface area is 173 Å². The number of carbonyl (C=O) groups excluding carboxylic acids is 2. The normalized spacial score (nSPS) is 14.2. The predicted molar refractivity (Wildman–Crippen MR) is 114 cm³/mol. The number of carbonyl (C=O) groups is 2. The standard InChI is InChI=1S/C23H21N5O2/c1-3-20(29)27-18-8-14(11-25-12(18)2)19-9-16-13(10-26-19)4-5-15-21-17(28-22(15)16)6-7-24-23(21)30/h3,8-11,28H,1,4-7H2,2H3,(H,24,30)(H,27,29). The van der Waals surface area contributed by atoms with E-state index in [1.807, 2.05) is 25.3 Å². The summed E-state index contributed by atoms with van der Waals surface area (Å²) in [7, 11) is 0. The number of hydrogen-bond acceptors (Lipinski definition) is 4. The van der Waals surface area contributed by atoms with Crippen LogP contribution >= 0.6 is 0 Å². The molecule has 0 unspecified atom stereocenters. The Morgan fingerprint density at radius 3 is 2.90 bits per heavy atom. The molecule has 3 N–H and O–H groups in total. The summed E-state index contributed by atoms with van der Waals surface area (Å²) < 4.78 is 0. The van der Waals surface area contributed by atoms with E-state index in [-0.39, 0.29) is 11.8 Å². The molecule has 0 aromatic carbocycles. The van der Waals surface area contributed by atoms with Gasteiger partial charge in [0.25, 0.3) is 5.91 Å². The average molecular weight is 399 g/mol. The highest BCUT2D eigenvalue weighted by atomic mass is 16.2. The number of aromatic nitrogens is 3. The number of rotatable bonds is 3. The highest BCUT2D eigenvalue weighted by Gasteiger charge is 2.29. The van der Waals surface area contributed by atoms with Gasteiger partial charge in [0.1, 0.15) is 0 Å². The van der Waals surface area contributed by atoms with Crippen molar-refractivity contribution in [2.45, 2.75) is 26.2 Å². The van der Waals surface area contributed by atoms with E-state index in [0.29, 0.717) is 12.2 Å². The first kappa shape index (κ1) is 18.3. The quantitative estimate of drug-likeness (QED) is 0.590. The maximum absolute atomic E-state index is 12.4. The van der Waals surface area contributed by atoms with Crippen LogP contribution in [0.2, 0.25) is 0 Å². The molecule has 0 radical (unpaired) electrons. The number of aromatic amines is 1. The summed E-state index contributed by atoms with van der Waals surface area (Å²) in [5.74, 6) is -0.271. The summed E-state index contributed by atoms with van der Waals surface area (Å²) in [5, 5.41) is 5.73. The summed E-state index contributed by atoms with van der Waals surface area (Å²) >= 11 is 0. The van der Waals surface area contributed by atoms with Crippen molar-refractivity contribution in [2.75, 3.05) is 11.9 Å². The molecule has 150 valence electrons. The van der Waals surface area contributed by atoms with Crippen molar-refractivity contribution in [2.24, 2.45) is 0 Å². The van der Waals surface area contributed by atoms with Gasteiger partial charge in [-0.15, -0.1) is 0 Å². The van der Waals surface area contributed by atoms with Crippen molar-refractivity contribution in [3.8, 4) is 22.5 Å². The van der Waals surface area contributed by atoms with Gasteiger partial charge in [-0.05, 0) is 49.1 Å². The van der Waals surface area contributed by atoms with Crippen LogP contribution < -0.4 is 10.6 Å². The van der Waals surface area contributed by atoms with Gasteiger partial charge >= 0.3 is 0 Å². The molecule has 3 aromatic heterocycles. The van der Waals surface area contributed by atoms with Gasteiger partial charge in [0.15, 0.2) is 0 Å². The minimum absolute atomic E-state index is 0.0109. The first-order valence-electron chi connectivity index (χ1n) is 9.97. The first-order chi connectivity index (χ1) is 14.5. The van der Waals surface area contributed by atoms with Crippen molar-refractivity contribution in [3.05, 3.63) is 65.3 Å². The molecule has 7 heteroatoms. The largest absolute Gasteiger partial charge is 0.357 e. The Hall–Kier alpha value is -3.74. The van der Waals surface area contributed by atoms with E-state index in [9.17, 15) is 9.59 Å². The van der Waals surface area contributed by atoms with Crippen LogP contribution in [0.3, 0.4) is 0 Å². The van der Waals surface area contributed by atoms with Gasteiger partial charge in [-0.2, -0.15) is 0 Å². The predicted octanol–water partition coefficient (Wildman–Crippen LogP) is 2.96. The Balaban J connectivity index is 1.59. The molecular weight excluding hydrogens is 378 g/mol. The van der Waals surface area contributed by atoms with Crippen LogP contribution in [0.5, 0.6) is 0 Å². The molecule has 1 aliphatic heterocycles. The molecule has 0 spiro atoms. The number of aryl methyl sites for hydroxylation is 2. The summed E-state index contributed by atoms with van der Waals surface area (Å²) in [6, 6.07) is 3.91. The summed E-state index contributed by atoms with van der Waals surface area (Å²) in [4.78, 5) is 36.7. The maximum atomic E-state index is 12.4. The third kappa shape index (κ3) is 2.90. The monoisotopic (exact) mass is 399 g/mol. The lowest BCUT2D eigenvalue weighted by molar-refractivity contribution is -0.111. The zero-order chi connectivity index (χ0) is 20.8. The zero-order valence-electron chi connectivity index (χ0n) is 16.6. The Kier molecular flexibility index (Phi) is 4.24. The van der Waals surface area contributed by atoms with E-state index in [2.05, 4.69) is 32.2 Å². The number of anilines is 1. The van der Waals surface area contributed by atoms with Crippen LogP contribution in [0.25, 0.3) is 22.5 Å². The van der Waals surface area contributed by atoms with E-state index in [0.717, 1.165) is 69.9 Å². The van der Waals surface area contributed by atoms with E-state index in [1.165, 1.54) is 6.08 Å². The summed E-state index contributed by atoms with van der Waals surface area (Å²) in [6.45, 7) is 5.99. The van der Waals surface area contributed by atoms with Crippen LogP contribution in [0.15, 0.2) is 37.2 Å². The highest BCUT2D eigenvalue weighted by Crippen LogP contribution is 2.38. The van der Waals surface area contributed by atoms with Crippen LogP contribution in [0.4, 0.5) is 5.69 Å². The summed E-state index contributed by atoms with van der Waals surface area (Å²) in [6.07, 6.45) is 7.37. The van der Waals surface area contributed by atoms with Crippen molar-refractivity contribution in [1.29, 1.82) is 0 Å². The molecule has 2 aliphatic rings. The number of H-pyrrole nitrogens is 1. The van der Waals surface area contributed by atoms with Crippen molar-refractivity contribution >= 4 is 17.5 Å². The van der Waals surface area contributed by atoms with Gasteiger partial charge < -0.3 is 15.6 Å². The maximum Gasteiger partial charge on any atom is 0.253 e. The van der Waals surface area contributed by atoms with E-state index >= 15 is 0 Å². The molecular formula is C23H21N5O2. The summed E-state index contributed by atoms with van der Waals surface area (Å²) in [5.41, 5.74) is 9.08. The molecule has 0 bridgehead atoms. The number of pyridine rings is 2. The van der Waals surface area contributed by atoms with Crippen LogP contribution in [0.1, 0.15) is 32.9 Å². The number of fused-ring (bicyclic) bond motifs is 5. The van der Waals surface area contributed by atoms with E-state index in [4.69, 9.17) is 0 Å². The molecule has 2 amide bonds. The van der Waals surface area contributed by atoms with Gasteiger partial charge in [0.2, 0.25) is 5.91 Å². The van der Waals surface area contributed by atoms with Crippen molar-refractivity contribution in [1.82, 2.24) is 20.3 Å². The number of nitrogens with zero attached hydrogens (tertiary/aromatic N) is 2. The molecule has 7 nitrogen and oxygen atoms in total. The Bertz CT molecular complexity index is 1220. The van der Waals surface area contributed by atoms with Crippen LogP contribution in [-0.2, 0) is 24.1 Å². The van der Waals surface area contributed by atoms with E-state index in [1.54, 1.807) is 6.20 Å². The minimum Gasteiger partial charge on any atom is -0.357 e. The molecule has 0 saturated carbocycles. The first-order valence-corrected chi connectivity index (χ1v) is 9.97. The fourth-order valence-electron chi connectivity index (χ4n) is 4.24. The second-order valence-corrected chi connectivity index (χ2v) is 7.62. The lowest BCUT2D eigenvalue weighted by atomic mass is 9.88. The zero-order valence-corrected chi connectivity index (χ0v) is 16.6. The molecule has 0 fully saturated rings. The number of nitrogens with one attached hydrogen (secondary N) is 3. The highest BCUT2D eigenvalue weighted by molar-refractivity contribution is 6.01. The van der Waals surface area contributed by atoms with Gasteiger partial charge in [0, 0.05) is 42.2 Å². The lowest BCUT2D eigenvalue weighted by Gasteiger charge is -2.19. The molecule has 0 saturated heterocycles. The van der Waals surface area contributed by atoms with Crippen LogP contribution in [-0.4, -0.2) is 33.3 Å². The Morgan fingerprint density at radius 2 is 2.07 bits per heavy atom. The second kappa shape index (κ2) is 6.95. The lowest BCUT2D eigenvalue weighted by Crippen LogP contribution is -2.32. The molecule has 4 heterocycles. The van der Waals surface area contributed by atoms with Gasteiger partial charge in [-0.3, -0.25) is 19.6 Å². The molecule has 1 aliphatic carbocycles. The smallest absolute Gasteiger partial charge is 0.253 e. The minimum atomic E-state index is -0.282. The molecule has 5 rings (SSSR count).